The molecule has 2 N–H and O–H groups in total. The second kappa shape index (κ2) is 6.17. The van der Waals surface area contributed by atoms with E-state index in [4.69, 9.17) is 22.1 Å². The topological polar surface area (TPSA) is 64.3 Å². The molecule has 2 heterocycles. The summed E-state index contributed by atoms with van der Waals surface area (Å²) in [5, 5.41) is 0.396. The molecule has 1 aromatic carbocycles. The first-order valence-corrected chi connectivity index (χ1v) is 7.70. The molecular weight excluding hydrogens is 356 g/mol. The van der Waals surface area contributed by atoms with E-state index in [-0.39, 0.29) is 6.10 Å². The van der Waals surface area contributed by atoms with Crippen LogP contribution in [0, 0.1) is 0 Å². The monoisotopic (exact) mass is 368 g/mol. The van der Waals surface area contributed by atoms with E-state index in [2.05, 4.69) is 42.9 Å². The van der Waals surface area contributed by atoms with Crippen molar-refractivity contribution in [3.63, 3.8) is 0 Å². The highest BCUT2D eigenvalue weighted by atomic mass is 79.9. The molecule has 0 amide bonds. The maximum atomic E-state index is 6.21. The molecule has 1 aliphatic rings. The molecule has 1 aliphatic heterocycles. The van der Waals surface area contributed by atoms with Crippen molar-refractivity contribution < 1.29 is 4.74 Å². The smallest absolute Gasteiger partial charge is 0.153 e. The van der Waals surface area contributed by atoms with Gasteiger partial charge in [0, 0.05) is 17.6 Å². The van der Waals surface area contributed by atoms with E-state index in [1.807, 2.05) is 12.1 Å². The van der Waals surface area contributed by atoms with Crippen LogP contribution in [0.2, 0.25) is 5.02 Å². The van der Waals surface area contributed by atoms with E-state index in [9.17, 15) is 0 Å². The predicted octanol–water partition coefficient (Wildman–Crippen LogP) is 3.05. The molecular formula is C14H14BrClN4O. The van der Waals surface area contributed by atoms with Crippen LogP contribution < -0.4 is 10.6 Å². The Labute approximate surface area is 136 Å². The summed E-state index contributed by atoms with van der Waals surface area (Å²) >= 11 is 9.69. The lowest BCUT2D eigenvalue weighted by Gasteiger charge is -2.34. The number of ether oxygens (including phenoxy) is 1. The average Bonchev–Trinajstić information content (AvgIpc) is 2.50. The highest BCUT2D eigenvalue weighted by Crippen LogP contribution is 2.31. The molecule has 1 unspecified atom stereocenters. The number of rotatable bonds is 2. The van der Waals surface area contributed by atoms with Gasteiger partial charge in [0.2, 0.25) is 0 Å². The molecule has 21 heavy (non-hydrogen) atoms. The third-order valence-electron chi connectivity index (χ3n) is 3.38. The number of halogens is 2. The number of morpholine rings is 1. The first kappa shape index (κ1) is 14.6. The van der Waals surface area contributed by atoms with Crippen LogP contribution in [0.5, 0.6) is 0 Å². The van der Waals surface area contributed by atoms with Crippen LogP contribution in [0.1, 0.15) is 11.7 Å². The average molecular weight is 370 g/mol. The van der Waals surface area contributed by atoms with Crippen molar-refractivity contribution in [2.75, 3.05) is 30.3 Å². The van der Waals surface area contributed by atoms with Gasteiger partial charge in [-0.25, -0.2) is 9.97 Å². The van der Waals surface area contributed by atoms with Gasteiger partial charge in [-0.15, -0.1) is 0 Å². The molecule has 0 radical (unpaired) electrons. The number of aromatic nitrogens is 2. The van der Waals surface area contributed by atoms with E-state index in [1.165, 1.54) is 6.33 Å². The second-order valence-electron chi connectivity index (χ2n) is 4.76. The zero-order valence-corrected chi connectivity index (χ0v) is 13.5. The van der Waals surface area contributed by atoms with Crippen LogP contribution in [-0.2, 0) is 4.74 Å². The maximum absolute atomic E-state index is 6.21. The molecule has 3 rings (SSSR count). The van der Waals surface area contributed by atoms with Crippen molar-refractivity contribution in [1.82, 2.24) is 9.97 Å². The Hall–Kier alpha value is -1.37. The molecule has 1 atom stereocenters. The van der Waals surface area contributed by atoms with E-state index in [1.54, 1.807) is 0 Å². The molecule has 1 saturated heterocycles. The lowest BCUT2D eigenvalue weighted by molar-refractivity contribution is 0.0395. The molecule has 5 nitrogen and oxygen atoms in total. The minimum Gasteiger partial charge on any atom is -0.382 e. The lowest BCUT2D eigenvalue weighted by Crippen LogP contribution is -2.39. The number of hydrogen-bond donors (Lipinski definition) is 1. The van der Waals surface area contributed by atoms with Crippen LogP contribution >= 0.6 is 27.5 Å². The molecule has 110 valence electrons. The minimum atomic E-state index is -0.0245. The van der Waals surface area contributed by atoms with E-state index in [0.29, 0.717) is 29.8 Å². The Morgan fingerprint density at radius 2 is 2.24 bits per heavy atom. The summed E-state index contributed by atoms with van der Waals surface area (Å²) in [4.78, 5) is 10.2. The molecule has 0 saturated carbocycles. The van der Waals surface area contributed by atoms with Crippen molar-refractivity contribution in [2.24, 2.45) is 0 Å². The quantitative estimate of drug-likeness (QED) is 0.881. The summed E-state index contributed by atoms with van der Waals surface area (Å²) in [6.07, 6.45) is 1.41. The van der Waals surface area contributed by atoms with Gasteiger partial charge in [0.1, 0.15) is 23.3 Å². The predicted molar refractivity (Wildman–Crippen MR) is 86.5 cm³/mol. The highest BCUT2D eigenvalue weighted by Gasteiger charge is 2.25. The first-order chi connectivity index (χ1) is 10.1. The fourth-order valence-electron chi connectivity index (χ4n) is 2.34. The summed E-state index contributed by atoms with van der Waals surface area (Å²) in [7, 11) is 0. The van der Waals surface area contributed by atoms with Gasteiger partial charge in [-0.3, -0.25) is 0 Å². The van der Waals surface area contributed by atoms with E-state index in [0.717, 1.165) is 16.6 Å². The molecule has 7 heteroatoms. The van der Waals surface area contributed by atoms with Gasteiger partial charge >= 0.3 is 0 Å². The third kappa shape index (κ3) is 3.12. The number of nitrogens with zero attached hydrogens (tertiary/aromatic N) is 3. The van der Waals surface area contributed by atoms with Crippen LogP contribution in [0.15, 0.2) is 35.1 Å². The van der Waals surface area contributed by atoms with Gasteiger partial charge in [0.25, 0.3) is 0 Å². The normalized spacial score (nSPS) is 18.8. The van der Waals surface area contributed by atoms with Gasteiger partial charge < -0.3 is 15.4 Å². The number of anilines is 2. The maximum Gasteiger partial charge on any atom is 0.153 e. The van der Waals surface area contributed by atoms with Crippen LogP contribution in [-0.4, -0.2) is 29.7 Å². The fourth-order valence-corrected chi connectivity index (χ4v) is 2.98. The van der Waals surface area contributed by atoms with Gasteiger partial charge in [-0.05, 0) is 17.7 Å². The van der Waals surface area contributed by atoms with Crippen molar-refractivity contribution in [1.29, 1.82) is 0 Å². The molecule has 0 spiro atoms. The molecule has 1 aromatic heterocycles. The van der Waals surface area contributed by atoms with Gasteiger partial charge in [-0.2, -0.15) is 0 Å². The Bertz CT molecular complexity index is 655. The third-order valence-corrected chi connectivity index (χ3v) is 4.24. The van der Waals surface area contributed by atoms with Crippen LogP contribution in [0.25, 0.3) is 0 Å². The number of nitrogen functional groups attached to an aromatic ring is 1. The van der Waals surface area contributed by atoms with Gasteiger partial charge in [0.15, 0.2) is 5.82 Å². The summed E-state index contributed by atoms with van der Waals surface area (Å²) < 4.78 is 6.89. The Morgan fingerprint density at radius 3 is 3.05 bits per heavy atom. The van der Waals surface area contributed by atoms with Crippen LogP contribution in [0.3, 0.4) is 0 Å². The number of benzene rings is 1. The van der Waals surface area contributed by atoms with Crippen molar-refractivity contribution >= 4 is 39.2 Å². The molecule has 0 aliphatic carbocycles. The summed E-state index contributed by atoms with van der Waals surface area (Å²) in [5.41, 5.74) is 6.86. The SMILES string of the molecule is Nc1ncnc(N2CCOC(c3cccc(Br)c3)C2)c1Cl. The van der Waals surface area contributed by atoms with E-state index < -0.39 is 0 Å². The largest absolute Gasteiger partial charge is 0.382 e. The first-order valence-electron chi connectivity index (χ1n) is 6.53. The summed E-state index contributed by atoms with van der Waals surface area (Å²) in [5.74, 6) is 0.958. The highest BCUT2D eigenvalue weighted by molar-refractivity contribution is 9.10. The second-order valence-corrected chi connectivity index (χ2v) is 6.05. The van der Waals surface area contributed by atoms with Gasteiger partial charge in [0.05, 0.1) is 6.61 Å². The zero-order chi connectivity index (χ0) is 14.8. The summed E-state index contributed by atoms with van der Waals surface area (Å²) in [6, 6.07) is 8.10. The number of nitrogens with two attached hydrogens (primary N) is 1. The van der Waals surface area contributed by atoms with Crippen molar-refractivity contribution in [3.05, 3.63) is 45.7 Å². The molecule has 2 aromatic rings. The molecule has 0 bridgehead atoms. The van der Waals surface area contributed by atoms with E-state index >= 15 is 0 Å². The Balaban J connectivity index is 1.84. The number of hydrogen-bond acceptors (Lipinski definition) is 5. The Kier molecular flexibility index (Phi) is 4.28. The standard InChI is InChI=1S/C14H14BrClN4O/c15-10-3-1-2-9(6-10)11-7-20(4-5-21-11)14-12(16)13(17)18-8-19-14/h1-3,6,8,11H,4-5,7H2,(H2,17,18,19). The fraction of sp³-hybridized carbons (Fsp3) is 0.286. The summed E-state index contributed by atoms with van der Waals surface area (Å²) in [6.45, 7) is 2.00. The minimum absolute atomic E-state index is 0.0245. The van der Waals surface area contributed by atoms with Gasteiger partial charge in [-0.1, -0.05) is 39.7 Å². The van der Waals surface area contributed by atoms with Crippen molar-refractivity contribution in [2.45, 2.75) is 6.10 Å². The van der Waals surface area contributed by atoms with Crippen molar-refractivity contribution in [3.8, 4) is 0 Å². The zero-order valence-electron chi connectivity index (χ0n) is 11.2. The Morgan fingerprint density at radius 1 is 1.38 bits per heavy atom. The lowest BCUT2D eigenvalue weighted by atomic mass is 10.1. The molecule has 1 fully saturated rings. The van der Waals surface area contributed by atoms with Crippen LogP contribution in [0.4, 0.5) is 11.6 Å².